The summed E-state index contributed by atoms with van der Waals surface area (Å²) in [6, 6.07) is 3.87. The van der Waals surface area contributed by atoms with Crippen LogP contribution in [0.4, 0.5) is 4.39 Å². The summed E-state index contributed by atoms with van der Waals surface area (Å²) < 4.78 is 37.5. The molecule has 1 aromatic rings. The highest BCUT2D eigenvalue weighted by atomic mass is 32.2. The zero-order chi connectivity index (χ0) is 15.0. The van der Waals surface area contributed by atoms with Crippen molar-refractivity contribution < 1.29 is 12.8 Å². The van der Waals surface area contributed by atoms with Crippen molar-refractivity contribution >= 4 is 9.84 Å². The van der Waals surface area contributed by atoms with E-state index >= 15 is 0 Å². The van der Waals surface area contributed by atoms with Crippen LogP contribution in [0.25, 0.3) is 0 Å². The Morgan fingerprint density at radius 3 is 2.75 bits per heavy atom. The van der Waals surface area contributed by atoms with Crippen LogP contribution >= 0.6 is 0 Å². The molecule has 3 nitrogen and oxygen atoms in total. The first-order valence-electron chi connectivity index (χ1n) is 7.01. The molecule has 0 saturated carbocycles. The van der Waals surface area contributed by atoms with E-state index in [0.29, 0.717) is 12.0 Å². The Kier molecular flexibility index (Phi) is 4.21. The van der Waals surface area contributed by atoms with Crippen molar-refractivity contribution in [1.29, 1.82) is 0 Å². The van der Waals surface area contributed by atoms with Crippen LogP contribution < -0.4 is 5.32 Å². The molecular weight excluding hydrogens is 277 g/mol. The van der Waals surface area contributed by atoms with Crippen LogP contribution in [0.15, 0.2) is 23.1 Å². The second kappa shape index (κ2) is 5.45. The highest BCUT2D eigenvalue weighted by Crippen LogP contribution is 2.33. The number of nitrogens with one attached hydrogen (secondary N) is 1. The third-order valence-electron chi connectivity index (χ3n) is 4.14. The van der Waals surface area contributed by atoms with Crippen molar-refractivity contribution in [2.24, 2.45) is 5.41 Å². The SMILES string of the molecule is CCC(C)(C)CNC1CCS(=O)(=O)c2ccc(F)cc21. The van der Waals surface area contributed by atoms with Crippen molar-refractivity contribution in [3.05, 3.63) is 29.6 Å². The topological polar surface area (TPSA) is 46.2 Å². The summed E-state index contributed by atoms with van der Waals surface area (Å²) in [5.41, 5.74) is 0.715. The number of sulfone groups is 1. The Morgan fingerprint density at radius 2 is 2.10 bits per heavy atom. The molecule has 0 amide bonds. The Hall–Kier alpha value is -0.940. The van der Waals surface area contributed by atoms with Gasteiger partial charge in [-0.2, -0.15) is 0 Å². The van der Waals surface area contributed by atoms with E-state index in [0.717, 1.165) is 13.0 Å². The number of rotatable bonds is 4. The van der Waals surface area contributed by atoms with Crippen LogP contribution in [0.2, 0.25) is 0 Å². The van der Waals surface area contributed by atoms with E-state index < -0.39 is 9.84 Å². The summed E-state index contributed by atoms with van der Waals surface area (Å²) in [5.74, 6) is -0.266. The smallest absolute Gasteiger partial charge is 0.178 e. The van der Waals surface area contributed by atoms with Gasteiger partial charge in [0.1, 0.15) is 5.82 Å². The fourth-order valence-corrected chi connectivity index (χ4v) is 3.95. The molecule has 20 heavy (non-hydrogen) atoms. The van der Waals surface area contributed by atoms with Crippen LogP contribution in [-0.4, -0.2) is 20.7 Å². The average molecular weight is 299 g/mol. The van der Waals surface area contributed by atoms with Gasteiger partial charge in [-0.1, -0.05) is 20.8 Å². The van der Waals surface area contributed by atoms with Gasteiger partial charge in [-0.25, -0.2) is 12.8 Å². The van der Waals surface area contributed by atoms with Gasteiger partial charge >= 0.3 is 0 Å². The Balaban J connectivity index is 2.28. The number of halogens is 1. The van der Waals surface area contributed by atoms with E-state index in [1.54, 1.807) is 0 Å². The third kappa shape index (κ3) is 3.20. The van der Waals surface area contributed by atoms with Gasteiger partial charge in [-0.05, 0) is 42.0 Å². The van der Waals surface area contributed by atoms with E-state index in [1.165, 1.54) is 18.2 Å². The van der Waals surface area contributed by atoms with Gasteiger partial charge in [0.15, 0.2) is 9.84 Å². The first kappa shape index (κ1) is 15.4. The van der Waals surface area contributed by atoms with Gasteiger partial charge < -0.3 is 5.32 Å². The molecular formula is C15H22FNO2S. The van der Waals surface area contributed by atoms with Crippen molar-refractivity contribution in [3.8, 4) is 0 Å². The molecule has 1 unspecified atom stereocenters. The highest BCUT2D eigenvalue weighted by molar-refractivity contribution is 7.91. The highest BCUT2D eigenvalue weighted by Gasteiger charge is 2.31. The molecule has 1 aliphatic heterocycles. The van der Waals surface area contributed by atoms with Crippen molar-refractivity contribution in [2.45, 2.75) is 44.6 Å². The third-order valence-corrected chi connectivity index (χ3v) is 5.96. The molecule has 1 aliphatic rings. The summed E-state index contributed by atoms with van der Waals surface area (Å²) in [4.78, 5) is 0.275. The number of hydrogen-bond acceptors (Lipinski definition) is 3. The molecule has 0 aromatic heterocycles. The molecule has 1 N–H and O–H groups in total. The lowest BCUT2D eigenvalue weighted by atomic mass is 9.89. The first-order valence-corrected chi connectivity index (χ1v) is 8.66. The van der Waals surface area contributed by atoms with Crippen molar-refractivity contribution in [1.82, 2.24) is 5.32 Å². The summed E-state index contributed by atoms with van der Waals surface area (Å²) in [7, 11) is -3.26. The second-order valence-electron chi connectivity index (χ2n) is 6.24. The van der Waals surface area contributed by atoms with E-state index in [-0.39, 0.29) is 27.9 Å². The molecule has 1 atom stereocenters. The van der Waals surface area contributed by atoms with Gasteiger partial charge in [0.25, 0.3) is 0 Å². The monoisotopic (exact) mass is 299 g/mol. The van der Waals surface area contributed by atoms with Gasteiger partial charge in [-0.15, -0.1) is 0 Å². The molecule has 5 heteroatoms. The quantitative estimate of drug-likeness (QED) is 0.869. The molecule has 112 valence electrons. The number of hydrogen-bond donors (Lipinski definition) is 1. The minimum Gasteiger partial charge on any atom is -0.309 e. The van der Waals surface area contributed by atoms with Crippen LogP contribution in [-0.2, 0) is 9.84 Å². The fourth-order valence-electron chi connectivity index (χ4n) is 2.35. The van der Waals surface area contributed by atoms with Gasteiger partial charge in [0, 0.05) is 12.6 Å². The van der Waals surface area contributed by atoms with Crippen molar-refractivity contribution in [2.75, 3.05) is 12.3 Å². The predicted octanol–water partition coefficient (Wildman–Crippen LogP) is 3.07. The molecule has 0 fully saturated rings. The molecule has 1 heterocycles. The van der Waals surface area contributed by atoms with Crippen LogP contribution in [0.3, 0.4) is 0 Å². The molecule has 0 spiro atoms. The molecule has 0 aliphatic carbocycles. The number of benzene rings is 1. The zero-order valence-corrected chi connectivity index (χ0v) is 13.1. The van der Waals surface area contributed by atoms with Crippen LogP contribution in [0.5, 0.6) is 0 Å². The summed E-state index contributed by atoms with van der Waals surface area (Å²) >= 11 is 0. The summed E-state index contributed by atoms with van der Waals surface area (Å²) in [5, 5.41) is 3.40. The standard InChI is InChI=1S/C15H22FNO2S/c1-4-15(2,3)10-17-13-7-8-20(18,19)14-6-5-11(16)9-12(13)14/h5-6,9,13,17H,4,7-8,10H2,1-3H3. The summed E-state index contributed by atoms with van der Waals surface area (Å²) in [6.45, 7) is 7.23. The van der Waals surface area contributed by atoms with Crippen LogP contribution in [0.1, 0.15) is 45.2 Å². The zero-order valence-electron chi connectivity index (χ0n) is 12.2. The maximum Gasteiger partial charge on any atom is 0.178 e. The largest absolute Gasteiger partial charge is 0.309 e. The first-order chi connectivity index (χ1) is 9.25. The molecule has 0 saturated heterocycles. The lowest BCUT2D eigenvalue weighted by Gasteiger charge is -2.31. The van der Waals surface area contributed by atoms with Gasteiger partial charge in [0.2, 0.25) is 0 Å². The second-order valence-corrected chi connectivity index (χ2v) is 8.32. The normalized spacial score (nSPS) is 21.5. The maximum atomic E-state index is 13.4. The molecule has 0 radical (unpaired) electrons. The van der Waals surface area contributed by atoms with E-state index in [4.69, 9.17) is 0 Å². The van der Waals surface area contributed by atoms with Gasteiger partial charge in [-0.3, -0.25) is 0 Å². The molecule has 1 aromatic carbocycles. The van der Waals surface area contributed by atoms with E-state index in [1.807, 2.05) is 0 Å². The van der Waals surface area contributed by atoms with Crippen molar-refractivity contribution in [3.63, 3.8) is 0 Å². The van der Waals surface area contributed by atoms with Gasteiger partial charge in [0.05, 0.1) is 10.6 Å². The fraction of sp³-hybridized carbons (Fsp3) is 0.600. The van der Waals surface area contributed by atoms with Crippen LogP contribution in [0, 0.1) is 11.2 Å². The minimum absolute atomic E-state index is 0.0879. The number of fused-ring (bicyclic) bond motifs is 1. The van der Waals surface area contributed by atoms with E-state index in [2.05, 4.69) is 26.1 Å². The summed E-state index contributed by atoms with van der Waals surface area (Å²) in [6.07, 6.45) is 1.53. The molecule has 0 bridgehead atoms. The predicted molar refractivity (Wildman–Crippen MR) is 77.9 cm³/mol. The van der Waals surface area contributed by atoms with E-state index in [9.17, 15) is 12.8 Å². The lowest BCUT2D eigenvalue weighted by Crippen LogP contribution is -2.35. The molecule has 2 rings (SSSR count). The minimum atomic E-state index is -3.26. The lowest BCUT2D eigenvalue weighted by molar-refractivity contribution is 0.304. The average Bonchev–Trinajstić information content (AvgIpc) is 2.37. The Morgan fingerprint density at radius 1 is 1.40 bits per heavy atom. The maximum absolute atomic E-state index is 13.4. The Labute approximate surface area is 120 Å². The Bertz CT molecular complexity index is 596.